The van der Waals surface area contributed by atoms with Gasteiger partial charge in [-0.1, -0.05) is 57.5 Å². The molecular formula is C39H46F5N7O8. The lowest BCUT2D eigenvalue weighted by atomic mass is 9.84. The fourth-order valence-corrected chi connectivity index (χ4v) is 5.94. The Morgan fingerprint density at radius 1 is 0.932 bits per heavy atom. The number of carboxylic acids is 1. The van der Waals surface area contributed by atoms with Crippen LogP contribution in [0.2, 0.25) is 0 Å². The maximum absolute atomic E-state index is 15.0. The second kappa shape index (κ2) is 21.1. The highest BCUT2D eigenvalue weighted by atomic mass is 19.4. The summed E-state index contributed by atoms with van der Waals surface area (Å²) in [6.07, 6.45) is 0.512. The first kappa shape index (κ1) is 47.4. The lowest BCUT2D eigenvalue weighted by molar-refractivity contribution is -0.192. The number of amides is 5. The van der Waals surface area contributed by atoms with Crippen molar-refractivity contribution < 1.29 is 60.9 Å². The number of aliphatic hydroxyl groups excluding tert-OH is 1. The number of aliphatic hydroxyl groups is 1. The number of alkyl halides is 3. The lowest BCUT2D eigenvalue weighted by Gasteiger charge is -2.40. The quantitative estimate of drug-likeness (QED) is 0.0609. The highest BCUT2D eigenvalue weighted by Crippen LogP contribution is 2.39. The number of halogens is 5. The Bertz CT molecular complexity index is 1980. The van der Waals surface area contributed by atoms with Gasteiger partial charge < -0.3 is 25.4 Å². The van der Waals surface area contributed by atoms with Gasteiger partial charge >= 0.3 is 12.1 Å². The van der Waals surface area contributed by atoms with Gasteiger partial charge in [-0.2, -0.15) is 13.2 Å². The molecule has 6 N–H and O–H groups in total. The van der Waals surface area contributed by atoms with E-state index in [1.54, 1.807) is 10.8 Å². The van der Waals surface area contributed by atoms with Gasteiger partial charge in [0, 0.05) is 50.0 Å². The third-order valence-corrected chi connectivity index (χ3v) is 8.81. The smallest absolute Gasteiger partial charge is 0.475 e. The van der Waals surface area contributed by atoms with E-state index in [9.17, 15) is 51.0 Å². The van der Waals surface area contributed by atoms with Gasteiger partial charge in [0.1, 0.15) is 24.1 Å². The molecule has 5 amide bonds. The maximum Gasteiger partial charge on any atom is 0.490 e. The predicted molar refractivity (Wildman–Crippen MR) is 201 cm³/mol. The summed E-state index contributed by atoms with van der Waals surface area (Å²) in [4.78, 5) is 77.9. The number of carbonyl (C=O) groups excluding carboxylic acids is 5. The topological polar surface area (TPSA) is 217 Å². The molecule has 2 heterocycles. The lowest BCUT2D eigenvalue weighted by Crippen LogP contribution is -2.51. The van der Waals surface area contributed by atoms with Gasteiger partial charge in [-0.05, 0) is 48.4 Å². The largest absolute Gasteiger partial charge is 0.490 e. The van der Waals surface area contributed by atoms with Crippen molar-refractivity contribution in [3.63, 3.8) is 0 Å². The number of hydrogen-bond donors (Lipinski definition) is 5. The summed E-state index contributed by atoms with van der Waals surface area (Å²) < 4.78 is 62.7. The van der Waals surface area contributed by atoms with Crippen molar-refractivity contribution in [3.05, 3.63) is 89.9 Å². The number of aromatic nitrogens is 2. The standard InChI is InChI=1S/C37H45F2N7O6.C2HF3O2/c1-37(2,3)34(35-41-29(26-20-25(38)13-14-27(26)39)22-44(35)21-24-10-6-4-7-11-24)46(33(51)23-47)19-17-28(40)36(52)43-42-30(48)12-8-5-9-18-45-31(49)15-16-32(45)50;3-2(4,5)1(6)7/h4,6-7,10-11,13-16,20,22,28,34,47H,5,8-9,12,17-19,21,23,40H2,1-3H3,(H,42,48)(H,43,52);(H,6,7)/t28-,34-;/m0./s1. The minimum Gasteiger partial charge on any atom is -0.475 e. The number of imide groups is 1. The molecule has 1 aromatic heterocycles. The highest BCUT2D eigenvalue weighted by Gasteiger charge is 2.39. The number of hydrazine groups is 1. The van der Waals surface area contributed by atoms with Crippen molar-refractivity contribution >= 4 is 35.5 Å². The van der Waals surface area contributed by atoms with Gasteiger partial charge in [0.2, 0.25) is 11.8 Å². The second-order valence-electron chi connectivity index (χ2n) is 14.4. The van der Waals surface area contributed by atoms with Crippen LogP contribution in [0.25, 0.3) is 11.3 Å². The van der Waals surface area contributed by atoms with E-state index < -0.39 is 65.6 Å². The van der Waals surface area contributed by atoms with E-state index in [2.05, 4.69) is 10.9 Å². The summed E-state index contributed by atoms with van der Waals surface area (Å²) in [5.74, 6) is -6.29. The number of imidazole rings is 1. The molecule has 1 aliphatic heterocycles. The van der Waals surface area contributed by atoms with Crippen LogP contribution in [0, 0.1) is 17.0 Å². The Morgan fingerprint density at radius 2 is 1.56 bits per heavy atom. The first-order chi connectivity index (χ1) is 27.6. The Labute approximate surface area is 336 Å². The average Bonchev–Trinajstić information content (AvgIpc) is 3.72. The van der Waals surface area contributed by atoms with Gasteiger partial charge in [-0.25, -0.2) is 18.6 Å². The molecule has 0 bridgehead atoms. The van der Waals surface area contributed by atoms with Gasteiger partial charge in [0.05, 0.1) is 17.8 Å². The molecule has 0 radical (unpaired) electrons. The Balaban J connectivity index is 0.00000122. The van der Waals surface area contributed by atoms with Gasteiger partial charge in [-0.3, -0.25) is 39.7 Å². The van der Waals surface area contributed by atoms with E-state index >= 15 is 0 Å². The van der Waals surface area contributed by atoms with Gasteiger partial charge in [0.25, 0.3) is 17.7 Å². The van der Waals surface area contributed by atoms with E-state index in [-0.39, 0.29) is 55.5 Å². The number of rotatable bonds is 16. The summed E-state index contributed by atoms with van der Waals surface area (Å²) in [6, 6.07) is 10.5. The molecule has 2 aromatic carbocycles. The number of benzene rings is 2. The summed E-state index contributed by atoms with van der Waals surface area (Å²) >= 11 is 0. The fourth-order valence-electron chi connectivity index (χ4n) is 5.94. The molecule has 0 aliphatic carbocycles. The van der Waals surface area contributed by atoms with Crippen molar-refractivity contribution in [1.82, 2.24) is 30.2 Å². The van der Waals surface area contributed by atoms with Crippen LogP contribution in [0.1, 0.15) is 70.3 Å². The number of hydrogen-bond acceptors (Lipinski definition) is 9. The van der Waals surface area contributed by atoms with E-state index in [0.29, 0.717) is 25.1 Å². The van der Waals surface area contributed by atoms with E-state index in [4.69, 9.17) is 20.6 Å². The number of nitrogens with one attached hydrogen (secondary N) is 2. The number of carbonyl (C=O) groups is 6. The van der Waals surface area contributed by atoms with Crippen molar-refractivity contribution in [2.75, 3.05) is 19.7 Å². The SMILES string of the molecule is CC(C)(C)[C@H](c1nc(-c2cc(F)ccc2F)cn1Cc1ccccc1)N(CC[C@H](N)C(=O)NNC(=O)CCCCCN1C(=O)C=CC1=O)C(=O)CO.O=C(O)C(F)(F)F. The van der Waals surface area contributed by atoms with Crippen LogP contribution in [-0.4, -0.2) is 97.0 Å². The zero-order valence-corrected chi connectivity index (χ0v) is 32.5. The number of nitrogens with two attached hydrogens (primary N) is 1. The zero-order valence-electron chi connectivity index (χ0n) is 32.5. The highest BCUT2D eigenvalue weighted by molar-refractivity contribution is 6.12. The van der Waals surface area contributed by atoms with E-state index in [1.807, 2.05) is 51.1 Å². The minimum absolute atomic E-state index is 0.0610. The molecular weight excluding hydrogens is 789 g/mol. The molecule has 0 fully saturated rings. The molecule has 2 atom stereocenters. The maximum atomic E-state index is 15.0. The number of nitrogens with zero attached hydrogens (tertiary/aromatic N) is 4. The molecule has 20 heteroatoms. The van der Waals surface area contributed by atoms with Crippen LogP contribution in [0.15, 0.2) is 66.9 Å². The molecule has 0 unspecified atom stereocenters. The van der Waals surface area contributed by atoms with E-state index in [1.165, 1.54) is 17.1 Å². The molecule has 59 heavy (non-hydrogen) atoms. The zero-order chi connectivity index (χ0) is 44.1. The Hall–Kier alpha value is -6.02. The summed E-state index contributed by atoms with van der Waals surface area (Å²) in [5.41, 5.74) is 11.0. The number of unbranched alkanes of at least 4 members (excludes halogenated alkanes) is 2. The molecule has 0 spiro atoms. The van der Waals surface area contributed by atoms with E-state index in [0.717, 1.165) is 28.7 Å². The minimum atomic E-state index is -5.08. The summed E-state index contributed by atoms with van der Waals surface area (Å²) in [6.45, 7) is 5.19. The van der Waals surface area contributed by atoms with Crippen LogP contribution in [0.5, 0.6) is 0 Å². The van der Waals surface area contributed by atoms with Crippen LogP contribution in [0.4, 0.5) is 22.0 Å². The van der Waals surface area contributed by atoms with Crippen LogP contribution in [-0.2, 0) is 35.3 Å². The van der Waals surface area contributed by atoms with Crippen molar-refractivity contribution in [3.8, 4) is 11.3 Å². The normalized spacial score (nSPS) is 13.7. The van der Waals surface area contributed by atoms with Crippen molar-refractivity contribution in [1.29, 1.82) is 0 Å². The predicted octanol–water partition coefficient (Wildman–Crippen LogP) is 3.77. The van der Waals surface area contributed by atoms with Crippen molar-refractivity contribution in [2.24, 2.45) is 11.1 Å². The Morgan fingerprint density at radius 3 is 2.14 bits per heavy atom. The molecule has 320 valence electrons. The molecule has 0 saturated heterocycles. The van der Waals surface area contributed by atoms with Gasteiger partial charge in [-0.15, -0.1) is 0 Å². The third-order valence-electron chi connectivity index (χ3n) is 8.81. The summed E-state index contributed by atoms with van der Waals surface area (Å²) in [7, 11) is 0. The number of carboxylic acid groups (broad SMARTS) is 1. The second-order valence-corrected chi connectivity index (χ2v) is 14.4. The van der Waals surface area contributed by atoms with Crippen LogP contribution in [0.3, 0.4) is 0 Å². The monoisotopic (exact) mass is 835 g/mol. The third kappa shape index (κ3) is 14.1. The first-order valence-electron chi connectivity index (χ1n) is 18.3. The number of aliphatic carboxylic acids is 1. The average molecular weight is 836 g/mol. The molecule has 15 nitrogen and oxygen atoms in total. The Kier molecular flexibility index (Phi) is 17.0. The van der Waals surface area contributed by atoms with Gasteiger partial charge in [0.15, 0.2) is 0 Å². The summed E-state index contributed by atoms with van der Waals surface area (Å²) in [5, 5.41) is 17.1. The van der Waals surface area contributed by atoms with Crippen LogP contribution >= 0.6 is 0 Å². The van der Waals surface area contributed by atoms with Crippen molar-refractivity contribution in [2.45, 2.75) is 77.7 Å². The van der Waals surface area contributed by atoms with Crippen LogP contribution < -0.4 is 16.6 Å². The molecule has 3 aromatic rings. The molecule has 4 rings (SSSR count). The molecule has 0 saturated carbocycles. The first-order valence-corrected chi connectivity index (χ1v) is 18.3. The molecule has 1 aliphatic rings. The fraction of sp³-hybridized carbons (Fsp3) is 0.410.